The third-order valence-corrected chi connectivity index (χ3v) is 4.92. The molecule has 0 bridgehead atoms. The van der Waals surface area contributed by atoms with E-state index in [0.29, 0.717) is 0 Å². The molecule has 0 saturated heterocycles. The molecule has 38 heavy (non-hydrogen) atoms. The van der Waals surface area contributed by atoms with Crippen molar-refractivity contribution >= 4 is 29.3 Å². The molecule has 0 aliphatic rings. The van der Waals surface area contributed by atoms with Crippen LogP contribution in [-0.4, -0.2) is 37.3 Å². The molecule has 0 radical (unpaired) electrons. The maximum absolute atomic E-state index is 13.2. The summed E-state index contributed by atoms with van der Waals surface area (Å²) < 4.78 is 52.7. The summed E-state index contributed by atoms with van der Waals surface area (Å²) in [6, 6.07) is 14.7. The van der Waals surface area contributed by atoms with E-state index in [4.69, 9.17) is 9.47 Å². The number of nitrogens with one attached hydrogen (secondary N) is 2. The number of benzene rings is 3. The van der Waals surface area contributed by atoms with Crippen molar-refractivity contribution in [3.8, 4) is 17.2 Å². The van der Waals surface area contributed by atoms with Crippen LogP contribution in [0.5, 0.6) is 17.2 Å². The number of nitro benzene ring substituents is 1. The van der Waals surface area contributed by atoms with Crippen LogP contribution < -0.4 is 24.8 Å². The maximum atomic E-state index is 13.2. The minimum absolute atomic E-state index is 0.0360. The largest absolute Gasteiger partial charge is 0.573 e. The van der Waals surface area contributed by atoms with E-state index >= 15 is 0 Å². The molecule has 0 aliphatic heterocycles. The van der Waals surface area contributed by atoms with Crippen molar-refractivity contribution in [2.24, 2.45) is 0 Å². The first-order valence-electron chi connectivity index (χ1n) is 10.7. The first-order chi connectivity index (χ1) is 18.0. The SMILES string of the molecule is COc1cc(C=C(NC(=O)c2ccccc2)C(=O)Nc2ccccc2OC(F)(F)F)c([N+](=O)[O-])cc1OC. The topological polar surface area (TPSA) is 129 Å². The normalized spacial score (nSPS) is 11.3. The van der Waals surface area contributed by atoms with Crippen LogP contribution in [0.15, 0.2) is 72.4 Å². The Balaban J connectivity index is 2.09. The first kappa shape index (κ1) is 27.5. The zero-order valence-electron chi connectivity index (χ0n) is 19.9. The van der Waals surface area contributed by atoms with Crippen molar-refractivity contribution in [3.63, 3.8) is 0 Å². The highest BCUT2D eigenvalue weighted by Crippen LogP contribution is 2.36. The molecule has 0 saturated carbocycles. The number of carbonyl (C=O) groups is 2. The predicted octanol–water partition coefficient (Wildman–Crippen LogP) is 4.92. The molecule has 3 aromatic rings. The molecule has 2 N–H and O–H groups in total. The Morgan fingerprint density at radius 2 is 1.53 bits per heavy atom. The molecule has 0 atom stereocenters. The molecule has 0 unspecified atom stereocenters. The van der Waals surface area contributed by atoms with Crippen molar-refractivity contribution in [1.82, 2.24) is 5.32 Å². The van der Waals surface area contributed by atoms with Crippen molar-refractivity contribution in [2.75, 3.05) is 19.5 Å². The fourth-order valence-corrected chi connectivity index (χ4v) is 3.23. The fraction of sp³-hybridized carbons (Fsp3) is 0.120. The van der Waals surface area contributed by atoms with E-state index in [1.54, 1.807) is 18.2 Å². The molecule has 0 heterocycles. The summed E-state index contributed by atoms with van der Waals surface area (Å²) in [5, 5.41) is 16.3. The molecule has 3 aromatic carbocycles. The minimum atomic E-state index is -5.04. The van der Waals surface area contributed by atoms with E-state index in [1.165, 1.54) is 44.6 Å². The van der Waals surface area contributed by atoms with Gasteiger partial charge in [-0.3, -0.25) is 19.7 Å². The monoisotopic (exact) mass is 531 g/mol. The van der Waals surface area contributed by atoms with Crippen LogP contribution in [0.25, 0.3) is 6.08 Å². The molecule has 2 amide bonds. The number of methoxy groups -OCH3 is 2. The number of hydrogen-bond acceptors (Lipinski definition) is 7. The van der Waals surface area contributed by atoms with E-state index in [1.807, 2.05) is 0 Å². The fourth-order valence-electron chi connectivity index (χ4n) is 3.23. The molecule has 0 fully saturated rings. The van der Waals surface area contributed by atoms with Crippen LogP contribution in [0.4, 0.5) is 24.5 Å². The van der Waals surface area contributed by atoms with Gasteiger partial charge in [0.2, 0.25) is 0 Å². The third kappa shape index (κ3) is 7.00. The van der Waals surface area contributed by atoms with Crippen LogP contribution >= 0.6 is 0 Å². The molecule has 3 rings (SSSR count). The average Bonchev–Trinajstić information content (AvgIpc) is 2.88. The standard InChI is InChI=1S/C25H20F3N3O7/c1-36-21-13-16(19(31(34)35)14-22(21)37-2)12-18(30-23(32)15-8-4-3-5-9-15)24(33)29-17-10-6-7-11-20(17)38-25(26,27)28/h3-14H,1-2H3,(H,29,33)(H,30,32). The van der Waals surface area contributed by atoms with Crippen LogP contribution in [0.1, 0.15) is 15.9 Å². The van der Waals surface area contributed by atoms with Gasteiger partial charge in [0.1, 0.15) is 5.70 Å². The zero-order chi connectivity index (χ0) is 27.9. The summed E-state index contributed by atoms with van der Waals surface area (Å²) in [4.78, 5) is 37.0. The van der Waals surface area contributed by atoms with Gasteiger partial charge in [0.25, 0.3) is 17.5 Å². The van der Waals surface area contributed by atoms with Gasteiger partial charge in [0, 0.05) is 5.56 Å². The van der Waals surface area contributed by atoms with Crippen molar-refractivity contribution < 1.29 is 41.9 Å². The minimum Gasteiger partial charge on any atom is -0.493 e. The highest BCUT2D eigenvalue weighted by molar-refractivity contribution is 6.11. The highest BCUT2D eigenvalue weighted by atomic mass is 19.4. The van der Waals surface area contributed by atoms with Gasteiger partial charge in [0.05, 0.1) is 36.5 Å². The summed E-state index contributed by atoms with van der Waals surface area (Å²) in [5.74, 6) is -2.43. The van der Waals surface area contributed by atoms with E-state index < -0.39 is 40.2 Å². The Hall–Kier alpha value is -5.07. The third-order valence-electron chi connectivity index (χ3n) is 4.92. The van der Waals surface area contributed by atoms with Gasteiger partial charge >= 0.3 is 6.36 Å². The van der Waals surface area contributed by atoms with Crippen LogP contribution in [0.2, 0.25) is 0 Å². The van der Waals surface area contributed by atoms with Crippen molar-refractivity contribution in [1.29, 1.82) is 0 Å². The molecule has 10 nitrogen and oxygen atoms in total. The lowest BCUT2D eigenvalue weighted by Crippen LogP contribution is -2.31. The maximum Gasteiger partial charge on any atom is 0.573 e. The molecule has 0 spiro atoms. The van der Waals surface area contributed by atoms with E-state index in [0.717, 1.165) is 24.3 Å². The lowest BCUT2D eigenvalue weighted by Gasteiger charge is -2.16. The van der Waals surface area contributed by atoms with E-state index in [9.17, 15) is 32.9 Å². The van der Waals surface area contributed by atoms with Crippen LogP contribution in [-0.2, 0) is 4.79 Å². The summed E-state index contributed by atoms with van der Waals surface area (Å²) in [6.45, 7) is 0. The van der Waals surface area contributed by atoms with Crippen LogP contribution in [0, 0.1) is 10.1 Å². The Morgan fingerprint density at radius 3 is 2.13 bits per heavy atom. The smallest absolute Gasteiger partial charge is 0.493 e. The molecule has 13 heteroatoms. The summed E-state index contributed by atoms with van der Waals surface area (Å²) >= 11 is 0. The van der Waals surface area contributed by atoms with Gasteiger partial charge < -0.3 is 24.8 Å². The quantitative estimate of drug-likeness (QED) is 0.228. The van der Waals surface area contributed by atoms with Gasteiger partial charge in [-0.15, -0.1) is 13.2 Å². The lowest BCUT2D eigenvalue weighted by molar-refractivity contribution is -0.385. The highest BCUT2D eigenvalue weighted by Gasteiger charge is 2.32. The number of rotatable bonds is 9. The Labute approximate surface area is 213 Å². The summed E-state index contributed by atoms with van der Waals surface area (Å²) in [6.07, 6.45) is -4.05. The second-order valence-corrected chi connectivity index (χ2v) is 7.40. The number of ether oxygens (including phenoxy) is 3. The number of carbonyl (C=O) groups excluding carboxylic acids is 2. The number of nitrogens with zero attached hydrogens (tertiary/aromatic N) is 1. The zero-order valence-corrected chi connectivity index (χ0v) is 19.9. The Bertz CT molecular complexity index is 1380. The first-order valence-corrected chi connectivity index (χ1v) is 10.7. The molecular formula is C25H20F3N3O7. The molecule has 198 valence electrons. The molecule has 0 aliphatic carbocycles. The number of nitro groups is 1. The Morgan fingerprint density at radius 1 is 0.921 bits per heavy atom. The van der Waals surface area contributed by atoms with Crippen molar-refractivity contribution in [3.05, 3.63) is 93.7 Å². The summed E-state index contributed by atoms with van der Waals surface area (Å²) in [5.41, 5.74) is -1.39. The predicted molar refractivity (Wildman–Crippen MR) is 130 cm³/mol. The van der Waals surface area contributed by atoms with Gasteiger partial charge in [-0.2, -0.15) is 0 Å². The number of halogens is 3. The number of para-hydroxylation sites is 2. The van der Waals surface area contributed by atoms with Gasteiger partial charge in [0.15, 0.2) is 17.2 Å². The second kappa shape index (κ2) is 11.8. The number of amides is 2. The number of anilines is 1. The van der Waals surface area contributed by atoms with Gasteiger partial charge in [-0.25, -0.2) is 0 Å². The average molecular weight is 531 g/mol. The van der Waals surface area contributed by atoms with Crippen molar-refractivity contribution in [2.45, 2.75) is 6.36 Å². The van der Waals surface area contributed by atoms with E-state index in [-0.39, 0.29) is 28.3 Å². The lowest BCUT2D eigenvalue weighted by atomic mass is 10.1. The Kier molecular flexibility index (Phi) is 8.53. The second-order valence-electron chi connectivity index (χ2n) is 7.40. The van der Waals surface area contributed by atoms with Gasteiger partial charge in [-0.1, -0.05) is 30.3 Å². The van der Waals surface area contributed by atoms with E-state index in [2.05, 4.69) is 15.4 Å². The molecular weight excluding hydrogens is 511 g/mol. The molecule has 0 aromatic heterocycles. The van der Waals surface area contributed by atoms with Crippen LogP contribution in [0.3, 0.4) is 0 Å². The number of alkyl halides is 3. The number of hydrogen-bond donors (Lipinski definition) is 2. The van der Waals surface area contributed by atoms with Gasteiger partial charge in [-0.05, 0) is 36.4 Å². The summed E-state index contributed by atoms with van der Waals surface area (Å²) in [7, 11) is 2.57.